The van der Waals surface area contributed by atoms with E-state index in [4.69, 9.17) is 16.2 Å². The van der Waals surface area contributed by atoms with Crippen LogP contribution in [-0.4, -0.2) is 88.3 Å². The second-order valence-corrected chi connectivity index (χ2v) is 11.7. The number of nitrogens with one attached hydrogen (secondary N) is 3. The van der Waals surface area contributed by atoms with Crippen LogP contribution in [0.5, 0.6) is 5.75 Å². The normalized spacial score (nSPS) is 29.1. The molecule has 0 saturated carbocycles. The van der Waals surface area contributed by atoms with Crippen molar-refractivity contribution < 1.29 is 19.4 Å². The molecule has 5 heterocycles. The summed E-state index contributed by atoms with van der Waals surface area (Å²) < 4.78 is 5.94. The predicted molar refractivity (Wildman–Crippen MR) is 152 cm³/mol. The van der Waals surface area contributed by atoms with Gasteiger partial charge < -0.3 is 42.2 Å². The van der Waals surface area contributed by atoms with E-state index >= 15 is 0 Å². The number of aromatic nitrogens is 1. The lowest BCUT2D eigenvalue weighted by Crippen LogP contribution is -2.73. The van der Waals surface area contributed by atoms with Crippen molar-refractivity contribution in [2.45, 2.75) is 62.5 Å². The van der Waals surface area contributed by atoms with Crippen LogP contribution in [0.2, 0.25) is 0 Å². The molecular formula is C28H35N9O4. The molecule has 2 amide bonds. The van der Waals surface area contributed by atoms with Gasteiger partial charge in [-0.15, -0.1) is 0 Å². The number of aliphatic hydroxyl groups excluding tert-OH is 1. The molecule has 1 saturated heterocycles. The zero-order valence-electron chi connectivity index (χ0n) is 23.2. The lowest BCUT2D eigenvalue weighted by Gasteiger charge is -2.46. The third kappa shape index (κ3) is 4.31. The minimum atomic E-state index is -1.25. The number of para-hydroxylation sites is 1. The topological polar surface area (TPSA) is 193 Å². The van der Waals surface area contributed by atoms with Crippen molar-refractivity contribution in [1.82, 2.24) is 25.8 Å². The maximum atomic E-state index is 13.6. The summed E-state index contributed by atoms with van der Waals surface area (Å²) in [6.45, 7) is 6.89. The zero-order chi connectivity index (χ0) is 29.1. The van der Waals surface area contributed by atoms with Gasteiger partial charge in [-0.1, -0.05) is 26.0 Å². The number of ether oxygens (including phenoxy) is 1. The summed E-state index contributed by atoms with van der Waals surface area (Å²) in [7, 11) is 0. The Bertz CT molecular complexity index is 1470. The van der Waals surface area contributed by atoms with Gasteiger partial charge in [-0.25, -0.2) is 9.98 Å². The molecule has 6 rings (SSSR count). The lowest BCUT2D eigenvalue weighted by atomic mass is 9.79. The first-order valence-electron chi connectivity index (χ1n) is 13.7. The summed E-state index contributed by atoms with van der Waals surface area (Å²) in [6.07, 6.45) is 2.84. The molecule has 0 radical (unpaired) electrons. The van der Waals surface area contributed by atoms with Crippen LogP contribution in [0.25, 0.3) is 0 Å². The van der Waals surface area contributed by atoms with Crippen LogP contribution in [0, 0.1) is 6.92 Å². The van der Waals surface area contributed by atoms with Gasteiger partial charge in [-0.2, -0.15) is 0 Å². The fraction of sp³-hybridized carbons (Fsp3) is 0.464. The van der Waals surface area contributed by atoms with Gasteiger partial charge in [0, 0.05) is 31.0 Å². The molecule has 41 heavy (non-hydrogen) atoms. The molecule has 5 atom stereocenters. The molecule has 1 unspecified atom stereocenters. The third-order valence-electron chi connectivity index (χ3n) is 8.54. The number of fused-ring (bicyclic) bond motifs is 1. The van der Waals surface area contributed by atoms with Crippen LogP contribution in [0.4, 0.5) is 0 Å². The number of aryl methyl sites for hydroxylation is 1. The monoisotopic (exact) mass is 561 g/mol. The summed E-state index contributed by atoms with van der Waals surface area (Å²) in [5, 5.41) is 20.7. The van der Waals surface area contributed by atoms with E-state index in [2.05, 4.69) is 44.8 Å². The molecule has 13 nitrogen and oxygen atoms in total. The predicted octanol–water partition coefficient (Wildman–Crippen LogP) is -0.665. The minimum absolute atomic E-state index is 0.0964. The fourth-order valence-corrected chi connectivity index (χ4v) is 6.38. The number of amides is 2. The van der Waals surface area contributed by atoms with Crippen LogP contribution < -0.4 is 32.2 Å². The lowest BCUT2D eigenvalue weighted by molar-refractivity contribution is 0.0143. The molecule has 0 bridgehead atoms. The van der Waals surface area contributed by atoms with Gasteiger partial charge in [0.05, 0.1) is 29.8 Å². The highest BCUT2D eigenvalue weighted by atomic mass is 16.5. The number of pyridine rings is 1. The Balaban J connectivity index is 1.23. The number of aliphatic imine (C=N–C) groups is 2. The van der Waals surface area contributed by atoms with Gasteiger partial charge >= 0.3 is 0 Å². The van der Waals surface area contributed by atoms with Crippen LogP contribution in [-0.2, 0) is 5.41 Å². The van der Waals surface area contributed by atoms with E-state index in [0.717, 1.165) is 17.5 Å². The summed E-state index contributed by atoms with van der Waals surface area (Å²) >= 11 is 0. The van der Waals surface area contributed by atoms with Crippen molar-refractivity contribution in [2.24, 2.45) is 21.5 Å². The van der Waals surface area contributed by atoms with Crippen LogP contribution in [0.3, 0.4) is 0 Å². The molecule has 4 aliphatic heterocycles. The van der Waals surface area contributed by atoms with Gasteiger partial charge in [0.2, 0.25) is 0 Å². The Morgan fingerprint density at radius 1 is 1.22 bits per heavy atom. The van der Waals surface area contributed by atoms with E-state index in [0.29, 0.717) is 23.5 Å². The molecule has 216 valence electrons. The summed E-state index contributed by atoms with van der Waals surface area (Å²) in [6, 6.07) is 5.24. The van der Waals surface area contributed by atoms with Gasteiger partial charge in [0.1, 0.15) is 17.9 Å². The first kappa shape index (κ1) is 26.8. The fourth-order valence-electron chi connectivity index (χ4n) is 6.38. The van der Waals surface area contributed by atoms with Crippen molar-refractivity contribution in [3.8, 4) is 5.75 Å². The van der Waals surface area contributed by atoms with Gasteiger partial charge in [0.25, 0.3) is 11.8 Å². The molecule has 1 spiro atoms. The van der Waals surface area contributed by atoms with Crippen LogP contribution in [0.15, 0.2) is 46.6 Å². The number of guanidine groups is 2. The molecule has 1 fully saturated rings. The summed E-state index contributed by atoms with van der Waals surface area (Å²) in [5.41, 5.74) is 13.8. The summed E-state index contributed by atoms with van der Waals surface area (Å²) in [5.74, 6) is 0.142. The van der Waals surface area contributed by atoms with E-state index in [1.807, 2.05) is 19.1 Å². The Morgan fingerprint density at radius 2 is 2.02 bits per heavy atom. The van der Waals surface area contributed by atoms with Crippen molar-refractivity contribution in [1.29, 1.82) is 0 Å². The number of rotatable bonds is 5. The molecule has 13 heteroatoms. The number of benzene rings is 1. The standard InChI is InChI=1S/C28H35N9O4/c1-14-9-15(11-31-10-14)23(39)32-12-18-21-28(36-25(29)35-21)22(38)19(13-37(28)26(30)34-18)33-24(40)16-5-4-6-17-20(16)41-8-7-27(17,2)3/h4-6,9-11,18-19,21-22,38H,7-8,12-13H2,1-3H3,(H2,30,34)(H,32,39)(H,33,40)(H3,29,35,36)/t18-,19?,21-,22+,28-/m0/s1. The molecule has 2 aromatic rings. The highest BCUT2D eigenvalue weighted by Gasteiger charge is 2.65. The van der Waals surface area contributed by atoms with Crippen LogP contribution >= 0.6 is 0 Å². The maximum Gasteiger partial charge on any atom is 0.255 e. The Hall–Kier alpha value is -4.39. The van der Waals surface area contributed by atoms with E-state index in [1.165, 1.54) is 6.20 Å². The van der Waals surface area contributed by atoms with Crippen molar-refractivity contribution in [3.63, 3.8) is 0 Å². The maximum absolute atomic E-state index is 13.6. The number of carbonyl (C=O) groups excluding carboxylic acids is 2. The van der Waals surface area contributed by atoms with E-state index in [9.17, 15) is 14.7 Å². The first-order chi connectivity index (χ1) is 19.5. The van der Waals surface area contributed by atoms with Gasteiger partial charge in [0.15, 0.2) is 17.6 Å². The number of aliphatic hydroxyl groups is 1. The smallest absolute Gasteiger partial charge is 0.255 e. The number of hydrogen-bond donors (Lipinski definition) is 6. The van der Waals surface area contributed by atoms with Crippen molar-refractivity contribution in [3.05, 3.63) is 58.9 Å². The zero-order valence-corrected chi connectivity index (χ0v) is 23.2. The number of hydrogen-bond acceptors (Lipinski definition) is 11. The van der Waals surface area contributed by atoms with Gasteiger partial charge in [-0.05, 0) is 36.5 Å². The second-order valence-electron chi connectivity index (χ2n) is 11.7. The van der Waals surface area contributed by atoms with Gasteiger partial charge in [-0.3, -0.25) is 14.6 Å². The Kier molecular flexibility index (Phi) is 6.29. The van der Waals surface area contributed by atoms with Crippen molar-refractivity contribution in [2.75, 3.05) is 19.7 Å². The quantitative estimate of drug-likeness (QED) is 0.275. The number of nitrogens with two attached hydrogens (primary N) is 2. The largest absolute Gasteiger partial charge is 0.492 e. The molecule has 1 aromatic heterocycles. The summed E-state index contributed by atoms with van der Waals surface area (Å²) in [4.78, 5) is 41.3. The first-order valence-corrected chi connectivity index (χ1v) is 13.7. The van der Waals surface area contributed by atoms with Crippen LogP contribution in [0.1, 0.15) is 52.1 Å². The molecule has 0 aliphatic carbocycles. The van der Waals surface area contributed by atoms with E-state index < -0.39 is 29.9 Å². The van der Waals surface area contributed by atoms with E-state index in [1.54, 1.807) is 23.2 Å². The van der Waals surface area contributed by atoms with Crippen molar-refractivity contribution >= 4 is 23.7 Å². The molecule has 4 aliphatic rings. The minimum Gasteiger partial charge on any atom is -0.492 e. The second kappa shape index (κ2) is 9.61. The number of nitrogens with zero attached hydrogens (tertiary/aromatic N) is 4. The van der Waals surface area contributed by atoms with E-state index in [-0.39, 0.29) is 42.2 Å². The molecule has 8 N–H and O–H groups in total. The molecular weight excluding hydrogens is 526 g/mol. The highest BCUT2D eigenvalue weighted by molar-refractivity contribution is 5.98. The SMILES string of the molecule is Cc1cncc(C(=O)NC[C@@H]2N=C(N)N3CC(NC(=O)c4cccc5c4OCCC5(C)C)[C@@H](O)[C@@]34NC(N)=N[C@@H]24)c1. The average molecular weight is 562 g/mol. The Morgan fingerprint density at radius 3 is 2.80 bits per heavy atom. The third-order valence-corrected chi connectivity index (χ3v) is 8.54. The highest BCUT2D eigenvalue weighted by Crippen LogP contribution is 2.42. The average Bonchev–Trinajstić information content (AvgIpc) is 3.43. The Labute approximate surface area is 237 Å². The number of carbonyl (C=O) groups is 2. The molecule has 1 aromatic carbocycles.